The van der Waals surface area contributed by atoms with Gasteiger partial charge in [0.25, 0.3) is 5.69 Å². The quantitative estimate of drug-likeness (QED) is 0.591. The van der Waals surface area contributed by atoms with Gasteiger partial charge >= 0.3 is 0 Å². The third kappa shape index (κ3) is 3.38. The Morgan fingerprint density at radius 1 is 1.10 bits per heavy atom. The van der Waals surface area contributed by atoms with Crippen LogP contribution in [0.2, 0.25) is 5.02 Å². The van der Waals surface area contributed by atoms with Gasteiger partial charge in [-0.15, -0.1) is 0 Å². The summed E-state index contributed by atoms with van der Waals surface area (Å²) in [5, 5.41) is 20.8. The summed E-state index contributed by atoms with van der Waals surface area (Å²) >= 11 is 5.91. The molecule has 8 heteroatoms. The number of amides is 1. The van der Waals surface area contributed by atoms with Crippen LogP contribution in [0.1, 0.15) is 37.2 Å². The van der Waals surface area contributed by atoms with Crippen molar-refractivity contribution < 1.29 is 19.6 Å². The number of nitro benzene ring substituents is 1. The van der Waals surface area contributed by atoms with Gasteiger partial charge in [0.2, 0.25) is 5.91 Å². The van der Waals surface area contributed by atoms with E-state index in [4.69, 9.17) is 11.6 Å². The molecule has 0 saturated heterocycles. The lowest BCUT2D eigenvalue weighted by molar-refractivity contribution is -0.384. The van der Waals surface area contributed by atoms with Crippen LogP contribution in [0.15, 0.2) is 53.7 Å². The van der Waals surface area contributed by atoms with Crippen molar-refractivity contribution in [3.05, 3.63) is 74.4 Å². The van der Waals surface area contributed by atoms with Gasteiger partial charge in [0.15, 0.2) is 5.78 Å². The number of benzene rings is 2. The number of phenolic OH excluding ortho intramolecular Hbond substituents is 1. The number of Topliss-reactive ketones (excluding diaryl/α,β-unsaturated/α-hetero) is 1. The molecule has 0 spiro atoms. The maximum Gasteiger partial charge on any atom is 0.289 e. The number of hydrogen-bond donors (Lipinski definition) is 1. The first kappa shape index (κ1) is 19.1. The SMILES string of the molecule is O=C1CCCC2=C1C(c1ccc(O)cc1)CC(=O)N2c1ccc(Cl)c([N+](=O)[O-])c1. The van der Waals surface area contributed by atoms with Gasteiger partial charge in [0, 0.05) is 36.1 Å². The van der Waals surface area contributed by atoms with E-state index in [1.165, 1.54) is 29.2 Å². The minimum absolute atomic E-state index is 0.0147. The summed E-state index contributed by atoms with van der Waals surface area (Å²) in [5.74, 6) is -0.557. The van der Waals surface area contributed by atoms with Crippen LogP contribution in [0.4, 0.5) is 11.4 Å². The number of carbonyl (C=O) groups excluding carboxylic acids is 2. The van der Waals surface area contributed by atoms with Crippen molar-refractivity contribution in [3.63, 3.8) is 0 Å². The number of hydrogen-bond acceptors (Lipinski definition) is 5. The number of phenols is 1. The molecule has 1 aliphatic heterocycles. The number of rotatable bonds is 3. The van der Waals surface area contributed by atoms with Crippen LogP contribution in [0.3, 0.4) is 0 Å². The van der Waals surface area contributed by atoms with Gasteiger partial charge < -0.3 is 5.11 Å². The highest BCUT2D eigenvalue weighted by Gasteiger charge is 2.40. The molecule has 0 bridgehead atoms. The number of carbonyl (C=O) groups is 2. The lowest BCUT2D eigenvalue weighted by Crippen LogP contribution is -2.40. The normalized spacial score (nSPS) is 19.3. The highest BCUT2D eigenvalue weighted by Crippen LogP contribution is 2.44. The van der Waals surface area contributed by atoms with E-state index >= 15 is 0 Å². The molecule has 1 atom stereocenters. The molecule has 1 unspecified atom stereocenters. The standard InChI is InChI=1S/C21H17ClN2O5/c22-16-9-6-13(10-18(16)24(28)29)23-17-2-1-3-19(26)21(17)15(11-20(23)27)12-4-7-14(25)8-5-12/h4-10,15,25H,1-3,11H2. The molecule has 0 fully saturated rings. The summed E-state index contributed by atoms with van der Waals surface area (Å²) in [4.78, 5) is 38.0. The Kier molecular flexibility index (Phi) is 4.84. The topological polar surface area (TPSA) is 101 Å². The summed E-state index contributed by atoms with van der Waals surface area (Å²) in [6.07, 6.45) is 1.60. The van der Waals surface area contributed by atoms with Gasteiger partial charge in [-0.25, -0.2) is 0 Å². The van der Waals surface area contributed by atoms with Crippen molar-refractivity contribution in [2.45, 2.75) is 31.6 Å². The average Bonchev–Trinajstić information content (AvgIpc) is 2.69. The third-order valence-electron chi connectivity index (χ3n) is 5.36. The van der Waals surface area contributed by atoms with Crippen LogP contribution < -0.4 is 4.90 Å². The van der Waals surface area contributed by atoms with Crippen molar-refractivity contribution in [1.82, 2.24) is 0 Å². The maximum absolute atomic E-state index is 13.1. The molecule has 0 saturated carbocycles. The summed E-state index contributed by atoms with van der Waals surface area (Å²) < 4.78 is 0. The second-order valence-electron chi connectivity index (χ2n) is 7.11. The molecule has 29 heavy (non-hydrogen) atoms. The Labute approximate surface area is 171 Å². The zero-order chi connectivity index (χ0) is 20.7. The van der Waals surface area contributed by atoms with Gasteiger partial charge in [0.05, 0.1) is 10.6 Å². The molecule has 0 aromatic heterocycles. The summed E-state index contributed by atoms with van der Waals surface area (Å²) in [5.41, 5.74) is 1.98. The number of halogens is 1. The van der Waals surface area contributed by atoms with Gasteiger partial charge in [-0.2, -0.15) is 0 Å². The first-order valence-corrected chi connectivity index (χ1v) is 9.56. The monoisotopic (exact) mass is 412 g/mol. The Balaban J connectivity index is 1.86. The molecular formula is C21H17ClN2O5. The van der Waals surface area contributed by atoms with Crippen molar-refractivity contribution in [3.8, 4) is 5.75 Å². The van der Waals surface area contributed by atoms with Gasteiger partial charge in [-0.3, -0.25) is 24.6 Å². The lowest BCUT2D eigenvalue weighted by atomic mass is 9.77. The van der Waals surface area contributed by atoms with Crippen molar-refractivity contribution in [2.75, 3.05) is 4.90 Å². The smallest absolute Gasteiger partial charge is 0.289 e. The molecule has 1 amide bonds. The molecular weight excluding hydrogens is 396 g/mol. The van der Waals surface area contributed by atoms with Crippen molar-refractivity contribution >= 4 is 34.7 Å². The van der Waals surface area contributed by atoms with Gasteiger partial charge in [-0.05, 0) is 42.7 Å². The van der Waals surface area contributed by atoms with E-state index in [-0.39, 0.29) is 34.6 Å². The second-order valence-corrected chi connectivity index (χ2v) is 7.51. The van der Waals surface area contributed by atoms with Gasteiger partial charge in [-0.1, -0.05) is 23.7 Å². The number of ketones is 1. The van der Waals surface area contributed by atoms with Crippen molar-refractivity contribution in [1.29, 1.82) is 0 Å². The number of anilines is 1. The first-order chi connectivity index (χ1) is 13.9. The number of nitro groups is 1. The zero-order valence-electron chi connectivity index (χ0n) is 15.3. The molecule has 1 N–H and O–H groups in total. The van der Waals surface area contributed by atoms with Crippen LogP contribution in [0, 0.1) is 10.1 Å². The molecule has 1 aliphatic carbocycles. The van der Waals surface area contributed by atoms with E-state index in [1.807, 2.05) is 0 Å². The Bertz CT molecular complexity index is 1060. The van der Waals surface area contributed by atoms with Gasteiger partial charge in [0.1, 0.15) is 10.8 Å². The molecule has 0 radical (unpaired) electrons. The van der Waals surface area contributed by atoms with E-state index in [1.54, 1.807) is 18.2 Å². The van der Waals surface area contributed by atoms with Crippen LogP contribution in [-0.2, 0) is 9.59 Å². The van der Waals surface area contributed by atoms with Crippen LogP contribution in [0.5, 0.6) is 5.75 Å². The fourth-order valence-corrected chi connectivity index (χ4v) is 4.25. The van der Waals surface area contributed by atoms with E-state index in [2.05, 4.69) is 0 Å². The lowest BCUT2D eigenvalue weighted by Gasteiger charge is -2.38. The zero-order valence-corrected chi connectivity index (χ0v) is 16.1. The van der Waals surface area contributed by atoms with Crippen LogP contribution in [0.25, 0.3) is 0 Å². The summed E-state index contributed by atoms with van der Waals surface area (Å²) in [7, 11) is 0. The van der Waals surface area contributed by atoms with Crippen molar-refractivity contribution in [2.24, 2.45) is 0 Å². The molecule has 7 nitrogen and oxygen atoms in total. The minimum Gasteiger partial charge on any atom is -0.508 e. The second kappa shape index (κ2) is 7.33. The van der Waals surface area contributed by atoms with Crippen LogP contribution >= 0.6 is 11.6 Å². The molecule has 148 valence electrons. The molecule has 4 rings (SSSR count). The highest BCUT2D eigenvalue weighted by atomic mass is 35.5. The van der Waals surface area contributed by atoms with Crippen LogP contribution in [-0.4, -0.2) is 21.7 Å². The van der Waals surface area contributed by atoms with E-state index in [9.17, 15) is 24.8 Å². The average molecular weight is 413 g/mol. The number of nitrogens with zero attached hydrogens (tertiary/aromatic N) is 2. The van der Waals surface area contributed by atoms with E-state index in [0.717, 1.165) is 5.56 Å². The summed E-state index contributed by atoms with van der Waals surface area (Å²) in [6, 6.07) is 10.7. The largest absolute Gasteiger partial charge is 0.508 e. The van der Waals surface area contributed by atoms with E-state index < -0.39 is 10.8 Å². The Morgan fingerprint density at radius 3 is 2.52 bits per heavy atom. The predicted molar refractivity (Wildman–Crippen MR) is 107 cm³/mol. The maximum atomic E-state index is 13.1. The fraction of sp³-hybridized carbons (Fsp3) is 0.238. The molecule has 1 heterocycles. The molecule has 2 aliphatic rings. The minimum atomic E-state index is -0.596. The Morgan fingerprint density at radius 2 is 1.83 bits per heavy atom. The molecule has 2 aromatic carbocycles. The summed E-state index contributed by atoms with van der Waals surface area (Å²) in [6.45, 7) is 0. The number of allylic oxidation sites excluding steroid dienone is 2. The molecule has 2 aromatic rings. The Hall–Kier alpha value is -3.19. The number of aromatic hydroxyl groups is 1. The fourth-order valence-electron chi connectivity index (χ4n) is 4.06. The van der Waals surface area contributed by atoms with E-state index in [0.29, 0.717) is 36.2 Å². The highest BCUT2D eigenvalue weighted by molar-refractivity contribution is 6.32. The first-order valence-electron chi connectivity index (χ1n) is 9.19. The third-order valence-corrected chi connectivity index (χ3v) is 5.67. The predicted octanol–water partition coefficient (Wildman–Crippen LogP) is 4.48.